The second-order valence-corrected chi connectivity index (χ2v) is 5.59. The van der Waals surface area contributed by atoms with E-state index >= 15 is 0 Å². The highest BCUT2D eigenvalue weighted by atomic mass is 15.2. The molecule has 0 aromatic carbocycles. The summed E-state index contributed by atoms with van der Waals surface area (Å²) < 4.78 is 0. The van der Waals surface area contributed by atoms with Crippen molar-refractivity contribution < 1.29 is 0 Å². The molecule has 3 heteroatoms. The number of hydrogen-bond acceptors (Lipinski definition) is 3. The van der Waals surface area contributed by atoms with E-state index in [9.17, 15) is 0 Å². The van der Waals surface area contributed by atoms with Crippen LogP contribution in [0.2, 0.25) is 0 Å². The van der Waals surface area contributed by atoms with Gasteiger partial charge in [0.1, 0.15) is 0 Å². The highest BCUT2D eigenvalue weighted by Crippen LogP contribution is 2.16. The fraction of sp³-hybridized carbons (Fsp3) is 0.667. The molecule has 2 heterocycles. The summed E-state index contributed by atoms with van der Waals surface area (Å²) in [7, 11) is 4.39. The molecule has 1 saturated heterocycles. The van der Waals surface area contributed by atoms with Crippen LogP contribution in [0, 0.1) is 6.92 Å². The first-order valence-electron chi connectivity index (χ1n) is 6.96. The largest absolute Gasteiger partial charge is 0.306 e. The molecule has 0 bridgehead atoms. The van der Waals surface area contributed by atoms with Crippen LogP contribution in [0.4, 0.5) is 0 Å². The highest BCUT2D eigenvalue weighted by Gasteiger charge is 2.18. The van der Waals surface area contributed by atoms with Crippen molar-refractivity contribution in [2.75, 3.05) is 27.2 Å². The number of pyridine rings is 1. The minimum absolute atomic E-state index is 0.750. The Labute approximate surface area is 111 Å². The number of aryl methyl sites for hydroxylation is 1. The van der Waals surface area contributed by atoms with E-state index in [4.69, 9.17) is 0 Å². The quantitative estimate of drug-likeness (QED) is 0.817. The fourth-order valence-corrected chi connectivity index (χ4v) is 2.73. The Bertz CT molecular complexity index is 376. The third-order valence-electron chi connectivity index (χ3n) is 3.85. The molecule has 1 aliphatic rings. The van der Waals surface area contributed by atoms with E-state index in [1.807, 2.05) is 0 Å². The minimum Gasteiger partial charge on any atom is -0.306 e. The van der Waals surface area contributed by atoms with Gasteiger partial charge in [0.05, 0.1) is 5.69 Å². The van der Waals surface area contributed by atoms with E-state index in [2.05, 4.69) is 54.0 Å². The van der Waals surface area contributed by atoms with Crippen LogP contribution in [0.15, 0.2) is 18.2 Å². The maximum absolute atomic E-state index is 4.60. The fourth-order valence-electron chi connectivity index (χ4n) is 2.73. The molecule has 1 aromatic rings. The molecule has 1 atom stereocenters. The molecule has 0 saturated carbocycles. The molecule has 0 radical (unpaired) electrons. The summed E-state index contributed by atoms with van der Waals surface area (Å²) in [5.74, 6) is 0. The summed E-state index contributed by atoms with van der Waals surface area (Å²) >= 11 is 0. The van der Waals surface area contributed by atoms with E-state index in [0.717, 1.165) is 18.3 Å². The number of aromatic nitrogens is 1. The zero-order valence-corrected chi connectivity index (χ0v) is 11.9. The van der Waals surface area contributed by atoms with Crippen LogP contribution >= 0.6 is 0 Å². The van der Waals surface area contributed by atoms with Gasteiger partial charge in [0.2, 0.25) is 0 Å². The Morgan fingerprint density at radius 2 is 2.11 bits per heavy atom. The molecule has 0 spiro atoms. The lowest BCUT2D eigenvalue weighted by atomic mass is 10.1. The maximum Gasteiger partial charge on any atom is 0.0547 e. The van der Waals surface area contributed by atoms with Crippen molar-refractivity contribution in [3.8, 4) is 0 Å². The smallest absolute Gasteiger partial charge is 0.0547 e. The van der Waals surface area contributed by atoms with E-state index in [1.54, 1.807) is 0 Å². The van der Waals surface area contributed by atoms with Crippen molar-refractivity contribution in [1.29, 1.82) is 0 Å². The van der Waals surface area contributed by atoms with Crippen molar-refractivity contribution in [2.24, 2.45) is 0 Å². The Morgan fingerprint density at radius 3 is 2.83 bits per heavy atom. The Morgan fingerprint density at radius 1 is 1.28 bits per heavy atom. The van der Waals surface area contributed by atoms with Gasteiger partial charge in [-0.15, -0.1) is 0 Å². The summed E-state index contributed by atoms with van der Waals surface area (Å²) in [6, 6.07) is 7.06. The topological polar surface area (TPSA) is 19.4 Å². The molecular formula is C15H25N3. The monoisotopic (exact) mass is 247 g/mol. The average molecular weight is 247 g/mol. The number of likely N-dealkylation sites (tertiary alicyclic amines) is 1. The molecule has 2 rings (SSSR count). The maximum atomic E-state index is 4.60. The van der Waals surface area contributed by atoms with E-state index < -0.39 is 0 Å². The number of rotatable bonds is 3. The highest BCUT2D eigenvalue weighted by molar-refractivity contribution is 5.09. The van der Waals surface area contributed by atoms with Crippen LogP contribution in [0.1, 0.15) is 30.7 Å². The van der Waals surface area contributed by atoms with Crippen molar-refractivity contribution in [1.82, 2.24) is 14.8 Å². The lowest BCUT2D eigenvalue weighted by Crippen LogP contribution is -2.30. The molecule has 1 fully saturated rings. The Kier molecular flexibility index (Phi) is 4.72. The van der Waals surface area contributed by atoms with Gasteiger partial charge in [-0.25, -0.2) is 0 Å². The summed E-state index contributed by atoms with van der Waals surface area (Å²) in [6.07, 6.45) is 3.90. The lowest BCUT2D eigenvalue weighted by Gasteiger charge is -2.23. The van der Waals surface area contributed by atoms with Crippen LogP contribution < -0.4 is 0 Å². The van der Waals surface area contributed by atoms with Crippen molar-refractivity contribution in [3.63, 3.8) is 0 Å². The number of hydrogen-bond donors (Lipinski definition) is 0. The summed E-state index contributed by atoms with van der Waals surface area (Å²) in [5, 5.41) is 0. The lowest BCUT2D eigenvalue weighted by molar-refractivity contribution is 0.244. The molecule has 3 nitrogen and oxygen atoms in total. The molecule has 0 aliphatic carbocycles. The van der Waals surface area contributed by atoms with Gasteiger partial charge in [0.15, 0.2) is 0 Å². The molecule has 100 valence electrons. The molecular weight excluding hydrogens is 222 g/mol. The van der Waals surface area contributed by atoms with E-state index in [0.29, 0.717) is 0 Å². The number of nitrogens with zero attached hydrogens (tertiary/aromatic N) is 3. The second-order valence-electron chi connectivity index (χ2n) is 5.59. The van der Waals surface area contributed by atoms with Crippen LogP contribution in [0.5, 0.6) is 0 Å². The zero-order valence-electron chi connectivity index (χ0n) is 11.9. The normalized spacial score (nSPS) is 22.1. The second kappa shape index (κ2) is 6.30. The Hall–Kier alpha value is -0.930. The predicted molar refractivity (Wildman–Crippen MR) is 75.6 cm³/mol. The first kappa shape index (κ1) is 13.5. The Balaban J connectivity index is 1.91. The standard InChI is InChI=1S/C15H25N3/c1-13-6-4-7-14(16-13)12-18-10-5-8-15(9-11-18)17(2)3/h4,6-7,15H,5,8-12H2,1-3H3. The molecule has 0 amide bonds. The van der Waals surface area contributed by atoms with Crippen molar-refractivity contribution >= 4 is 0 Å². The van der Waals surface area contributed by atoms with Gasteiger partial charge in [0, 0.05) is 24.8 Å². The summed E-state index contributed by atoms with van der Waals surface area (Å²) in [5.41, 5.74) is 2.33. The van der Waals surface area contributed by atoms with Crippen LogP contribution in [-0.4, -0.2) is 48.0 Å². The summed E-state index contributed by atoms with van der Waals surface area (Å²) in [4.78, 5) is 9.52. The first-order chi connectivity index (χ1) is 8.65. The van der Waals surface area contributed by atoms with Crippen LogP contribution in [-0.2, 0) is 6.54 Å². The van der Waals surface area contributed by atoms with Gasteiger partial charge < -0.3 is 4.90 Å². The molecule has 1 aromatic heterocycles. The molecule has 1 unspecified atom stereocenters. The average Bonchev–Trinajstić information content (AvgIpc) is 2.55. The van der Waals surface area contributed by atoms with Crippen molar-refractivity contribution in [2.45, 2.75) is 38.8 Å². The third-order valence-corrected chi connectivity index (χ3v) is 3.85. The van der Waals surface area contributed by atoms with Gasteiger partial charge in [-0.2, -0.15) is 0 Å². The van der Waals surface area contributed by atoms with Gasteiger partial charge in [-0.05, 0) is 59.0 Å². The van der Waals surface area contributed by atoms with Gasteiger partial charge in [-0.1, -0.05) is 6.07 Å². The molecule has 0 N–H and O–H groups in total. The predicted octanol–water partition coefficient (Wildman–Crippen LogP) is 2.31. The molecule has 18 heavy (non-hydrogen) atoms. The molecule has 1 aliphatic heterocycles. The van der Waals surface area contributed by atoms with Crippen LogP contribution in [0.3, 0.4) is 0 Å². The van der Waals surface area contributed by atoms with Gasteiger partial charge in [0.25, 0.3) is 0 Å². The van der Waals surface area contributed by atoms with Gasteiger partial charge >= 0.3 is 0 Å². The van der Waals surface area contributed by atoms with Gasteiger partial charge in [-0.3, -0.25) is 9.88 Å². The first-order valence-corrected chi connectivity index (χ1v) is 6.96. The van der Waals surface area contributed by atoms with E-state index in [1.165, 1.54) is 38.0 Å². The minimum atomic E-state index is 0.750. The van der Waals surface area contributed by atoms with Crippen LogP contribution in [0.25, 0.3) is 0 Å². The zero-order chi connectivity index (χ0) is 13.0. The third kappa shape index (κ3) is 3.79. The van der Waals surface area contributed by atoms with E-state index in [-0.39, 0.29) is 0 Å². The SMILES string of the molecule is Cc1cccc(CN2CCCC(N(C)C)CC2)n1. The van der Waals surface area contributed by atoms with Crippen molar-refractivity contribution in [3.05, 3.63) is 29.6 Å². The summed E-state index contributed by atoms with van der Waals surface area (Å²) in [6.45, 7) is 5.47.